The lowest BCUT2D eigenvalue weighted by molar-refractivity contribution is -0.816. The molecular formula is C12H17NOS. The fourth-order valence-electron chi connectivity index (χ4n) is 1.46. The molecule has 1 aromatic carbocycles. The summed E-state index contributed by atoms with van der Waals surface area (Å²) in [5.74, 6) is 0. The molecule has 0 fully saturated rings. The van der Waals surface area contributed by atoms with Crippen molar-refractivity contribution in [2.75, 3.05) is 14.1 Å². The van der Waals surface area contributed by atoms with E-state index in [2.05, 4.69) is 32.0 Å². The molecule has 15 heavy (non-hydrogen) atoms. The molecule has 0 saturated carbocycles. The number of carbonyl (C=O) groups is 1. The summed E-state index contributed by atoms with van der Waals surface area (Å²) >= 11 is 4.72. The van der Waals surface area contributed by atoms with Crippen LogP contribution in [0.5, 0.6) is 0 Å². The van der Waals surface area contributed by atoms with Crippen LogP contribution in [-0.2, 0) is 19.2 Å². The minimum atomic E-state index is -0.226. The van der Waals surface area contributed by atoms with Gasteiger partial charge in [-0.2, -0.15) is 0 Å². The number of rotatable bonds is 2. The molecule has 0 unspecified atom stereocenters. The standard InChI is InChI=1S/C12H17NOS/c1-9-5-6-10(2)11(7-9)8-13(3,4)12(14)15/h5-7H,8H2,1-4H3. The van der Waals surface area contributed by atoms with Crippen LogP contribution in [0.2, 0.25) is 0 Å². The Morgan fingerprint density at radius 3 is 2.47 bits per heavy atom. The fourth-order valence-corrected chi connectivity index (χ4v) is 1.53. The molecule has 0 saturated heterocycles. The molecule has 0 aliphatic heterocycles. The zero-order valence-corrected chi connectivity index (χ0v) is 10.5. The number of quaternary nitrogens is 1. The van der Waals surface area contributed by atoms with E-state index in [1.807, 2.05) is 14.1 Å². The number of amides is 1. The van der Waals surface area contributed by atoms with E-state index in [9.17, 15) is 4.79 Å². The quantitative estimate of drug-likeness (QED) is 0.566. The Morgan fingerprint density at radius 2 is 1.93 bits per heavy atom. The maximum atomic E-state index is 11.3. The Bertz CT molecular complexity index is 385. The second-order valence-corrected chi connectivity index (χ2v) is 4.89. The first-order valence-electron chi connectivity index (χ1n) is 4.93. The van der Waals surface area contributed by atoms with Crippen LogP contribution in [0.4, 0.5) is 4.79 Å². The second-order valence-electron chi connectivity index (χ2n) is 4.54. The normalized spacial score (nSPS) is 11.5. The highest BCUT2D eigenvalue weighted by atomic mass is 32.1. The zero-order chi connectivity index (χ0) is 11.6. The van der Waals surface area contributed by atoms with Crippen molar-refractivity contribution in [1.29, 1.82) is 0 Å². The SMILES string of the molecule is Cc1ccc(C)c(C[N+](C)(C)C(=O)[S-])c1. The Hall–Kier alpha value is -0.930. The van der Waals surface area contributed by atoms with Crippen molar-refractivity contribution in [3.8, 4) is 0 Å². The number of nitrogens with zero attached hydrogens (tertiary/aromatic N) is 1. The first-order chi connectivity index (χ1) is 6.83. The molecular weight excluding hydrogens is 206 g/mol. The van der Waals surface area contributed by atoms with Gasteiger partial charge >= 0.3 is 0 Å². The van der Waals surface area contributed by atoms with Gasteiger partial charge in [-0.05, 0) is 19.4 Å². The summed E-state index contributed by atoms with van der Waals surface area (Å²) in [6.45, 7) is 4.77. The summed E-state index contributed by atoms with van der Waals surface area (Å²) < 4.78 is 0.222. The average Bonchev–Trinajstić information content (AvgIpc) is 2.10. The van der Waals surface area contributed by atoms with E-state index in [-0.39, 0.29) is 9.72 Å². The van der Waals surface area contributed by atoms with Crippen molar-refractivity contribution in [3.05, 3.63) is 34.9 Å². The van der Waals surface area contributed by atoms with E-state index in [0.29, 0.717) is 6.54 Å². The van der Waals surface area contributed by atoms with Gasteiger partial charge in [0.15, 0.2) is 5.24 Å². The Morgan fingerprint density at radius 1 is 1.33 bits per heavy atom. The second kappa shape index (κ2) is 4.29. The lowest BCUT2D eigenvalue weighted by Gasteiger charge is -2.31. The summed E-state index contributed by atoms with van der Waals surface area (Å²) in [6.07, 6.45) is 0. The fraction of sp³-hybridized carbons (Fsp3) is 0.417. The van der Waals surface area contributed by atoms with Crippen molar-refractivity contribution in [2.24, 2.45) is 0 Å². The van der Waals surface area contributed by atoms with Gasteiger partial charge in [-0.25, -0.2) is 0 Å². The van der Waals surface area contributed by atoms with Crippen LogP contribution in [0.3, 0.4) is 0 Å². The molecule has 82 valence electrons. The first kappa shape index (κ1) is 12.1. The van der Waals surface area contributed by atoms with Gasteiger partial charge in [-0.15, -0.1) is 0 Å². The van der Waals surface area contributed by atoms with Crippen molar-refractivity contribution >= 4 is 17.9 Å². The lowest BCUT2D eigenvalue weighted by atomic mass is 10.1. The third kappa shape index (κ3) is 3.01. The highest BCUT2D eigenvalue weighted by molar-refractivity contribution is 7.76. The number of aryl methyl sites for hydroxylation is 2. The molecule has 1 aromatic rings. The molecule has 1 rings (SSSR count). The number of carbonyl (C=O) groups excluding carboxylic acids is 1. The number of hydrogen-bond donors (Lipinski definition) is 0. The van der Waals surface area contributed by atoms with Gasteiger partial charge in [0, 0.05) is 5.56 Å². The van der Waals surface area contributed by atoms with Crippen LogP contribution in [0.15, 0.2) is 18.2 Å². The van der Waals surface area contributed by atoms with Crippen molar-refractivity contribution in [3.63, 3.8) is 0 Å². The molecule has 0 atom stereocenters. The largest absolute Gasteiger partial charge is 0.675 e. The van der Waals surface area contributed by atoms with Crippen LogP contribution < -0.4 is 0 Å². The molecule has 0 N–H and O–H groups in total. The lowest BCUT2D eigenvalue weighted by Crippen LogP contribution is -2.42. The van der Waals surface area contributed by atoms with Crippen LogP contribution >= 0.6 is 0 Å². The molecule has 0 bridgehead atoms. The smallest absolute Gasteiger partial charge is 0.199 e. The molecule has 1 amide bonds. The van der Waals surface area contributed by atoms with Gasteiger partial charge in [0.25, 0.3) is 0 Å². The van der Waals surface area contributed by atoms with E-state index >= 15 is 0 Å². The highest BCUT2D eigenvalue weighted by Gasteiger charge is 2.18. The van der Waals surface area contributed by atoms with Crippen molar-refractivity contribution in [1.82, 2.24) is 0 Å². The average molecular weight is 223 g/mol. The van der Waals surface area contributed by atoms with Crippen LogP contribution in [0.25, 0.3) is 0 Å². The molecule has 0 radical (unpaired) electrons. The van der Waals surface area contributed by atoms with Crippen LogP contribution in [-0.4, -0.2) is 23.8 Å². The van der Waals surface area contributed by atoms with E-state index in [0.717, 1.165) is 0 Å². The number of hydrogen-bond acceptors (Lipinski definition) is 2. The van der Waals surface area contributed by atoms with E-state index in [1.165, 1.54) is 16.7 Å². The van der Waals surface area contributed by atoms with Gasteiger partial charge in [-0.3, -0.25) is 9.28 Å². The Kier molecular flexibility index (Phi) is 3.47. The topological polar surface area (TPSA) is 17.1 Å². The zero-order valence-electron chi connectivity index (χ0n) is 9.70. The first-order valence-corrected chi connectivity index (χ1v) is 5.34. The summed E-state index contributed by atoms with van der Waals surface area (Å²) in [6, 6.07) is 6.28. The predicted molar refractivity (Wildman–Crippen MR) is 64.5 cm³/mol. The maximum Gasteiger partial charge on any atom is 0.199 e. The minimum absolute atomic E-state index is 0.222. The minimum Gasteiger partial charge on any atom is -0.675 e. The van der Waals surface area contributed by atoms with Crippen molar-refractivity contribution in [2.45, 2.75) is 20.4 Å². The molecule has 3 heteroatoms. The maximum absolute atomic E-state index is 11.3. The Balaban J connectivity index is 2.99. The monoisotopic (exact) mass is 223 g/mol. The van der Waals surface area contributed by atoms with Gasteiger partial charge in [0.2, 0.25) is 0 Å². The van der Waals surface area contributed by atoms with Gasteiger partial charge < -0.3 is 12.6 Å². The van der Waals surface area contributed by atoms with Crippen LogP contribution in [0, 0.1) is 13.8 Å². The molecule has 2 nitrogen and oxygen atoms in total. The third-order valence-electron chi connectivity index (χ3n) is 2.56. The molecule has 0 spiro atoms. The summed E-state index contributed by atoms with van der Waals surface area (Å²) in [5, 5.41) is -0.226. The molecule has 0 aromatic heterocycles. The summed E-state index contributed by atoms with van der Waals surface area (Å²) in [5.41, 5.74) is 3.62. The molecule has 0 heterocycles. The summed E-state index contributed by atoms with van der Waals surface area (Å²) in [7, 11) is 3.69. The van der Waals surface area contributed by atoms with Crippen LogP contribution in [0.1, 0.15) is 16.7 Å². The van der Waals surface area contributed by atoms with Gasteiger partial charge in [-0.1, -0.05) is 23.8 Å². The van der Waals surface area contributed by atoms with Crippen molar-refractivity contribution < 1.29 is 9.28 Å². The number of benzene rings is 1. The van der Waals surface area contributed by atoms with E-state index in [1.54, 1.807) is 0 Å². The van der Waals surface area contributed by atoms with Gasteiger partial charge in [0.05, 0.1) is 14.1 Å². The molecule has 0 aliphatic carbocycles. The Labute approximate surface area is 96.9 Å². The highest BCUT2D eigenvalue weighted by Crippen LogP contribution is 2.16. The molecule has 0 aliphatic rings. The predicted octanol–water partition coefficient (Wildman–Crippen LogP) is 2.55. The third-order valence-corrected chi connectivity index (χ3v) is 3.06. The van der Waals surface area contributed by atoms with E-state index in [4.69, 9.17) is 12.6 Å². The summed E-state index contributed by atoms with van der Waals surface area (Å²) in [4.78, 5) is 11.3. The van der Waals surface area contributed by atoms with E-state index < -0.39 is 0 Å². The van der Waals surface area contributed by atoms with Gasteiger partial charge in [0.1, 0.15) is 6.54 Å².